The van der Waals surface area contributed by atoms with E-state index in [-0.39, 0.29) is 18.6 Å². The number of halogens is 1. The van der Waals surface area contributed by atoms with Gasteiger partial charge in [-0.05, 0) is 43.5 Å². The minimum Gasteiger partial charge on any atom is -0.484 e. The van der Waals surface area contributed by atoms with Gasteiger partial charge in [-0.2, -0.15) is 0 Å². The molecule has 0 spiro atoms. The van der Waals surface area contributed by atoms with Gasteiger partial charge in [-0.3, -0.25) is 4.79 Å². The van der Waals surface area contributed by atoms with Gasteiger partial charge in [-0.15, -0.1) is 0 Å². The van der Waals surface area contributed by atoms with E-state index >= 15 is 0 Å². The highest BCUT2D eigenvalue weighted by molar-refractivity contribution is 6.30. The molecule has 1 aliphatic rings. The van der Waals surface area contributed by atoms with Crippen molar-refractivity contribution in [1.29, 1.82) is 0 Å². The molecule has 98 valence electrons. The number of nitrogens with one attached hydrogen (secondary N) is 1. The van der Waals surface area contributed by atoms with Gasteiger partial charge < -0.3 is 15.2 Å². The number of carbonyl (C=O) groups excluding carboxylic acids is 1. The highest BCUT2D eigenvalue weighted by Gasteiger charge is 2.26. The number of hydrogen-bond donors (Lipinski definition) is 2. The maximum atomic E-state index is 11.6. The van der Waals surface area contributed by atoms with Gasteiger partial charge in [0.15, 0.2) is 6.61 Å². The second kappa shape index (κ2) is 6.07. The number of aliphatic hydroxyl groups is 1. The SMILES string of the molecule is O=C(COc1ccc(Cl)cc1)NC1CCCC1O. The largest absolute Gasteiger partial charge is 0.484 e. The number of benzene rings is 1. The van der Waals surface area contributed by atoms with Gasteiger partial charge in [0.2, 0.25) is 0 Å². The molecule has 2 atom stereocenters. The van der Waals surface area contributed by atoms with Crippen molar-refractivity contribution in [2.45, 2.75) is 31.4 Å². The first-order chi connectivity index (χ1) is 8.65. The fraction of sp³-hybridized carbons (Fsp3) is 0.462. The van der Waals surface area contributed by atoms with Gasteiger partial charge >= 0.3 is 0 Å². The van der Waals surface area contributed by atoms with Crippen molar-refractivity contribution in [3.63, 3.8) is 0 Å². The van der Waals surface area contributed by atoms with Crippen LogP contribution in [-0.2, 0) is 4.79 Å². The van der Waals surface area contributed by atoms with Crippen LogP contribution in [0.1, 0.15) is 19.3 Å². The molecule has 4 nitrogen and oxygen atoms in total. The summed E-state index contributed by atoms with van der Waals surface area (Å²) in [6.07, 6.45) is 2.10. The van der Waals surface area contributed by atoms with E-state index in [4.69, 9.17) is 16.3 Å². The lowest BCUT2D eigenvalue weighted by Gasteiger charge is -2.16. The van der Waals surface area contributed by atoms with E-state index in [1.54, 1.807) is 24.3 Å². The van der Waals surface area contributed by atoms with Crippen LogP contribution < -0.4 is 10.1 Å². The Labute approximate surface area is 111 Å². The molecule has 2 rings (SSSR count). The molecule has 0 aromatic heterocycles. The monoisotopic (exact) mass is 269 g/mol. The molecule has 1 fully saturated rings. The summed E-state index contributed by atoms with van der Waals surface area (Å²) in [6.45, 7) is -0.0507. The highest BCUT2D eigenvalue weighted by atomic mass is 35.5. The normalized spacial score (nSPS) is 22.8. The van der Waals surface area contributed by atoms with Gasteiger partial charge in [-0.1, -0.05) is 11.6 Å². The smallest absolute Gasteiger partial charge is 0.258 e. The van der Waals surface area contributed by atoms with Gasteiger partial charge in [0.25, 0.3) is 5.91 Å². The van der Waals surface area contributed by atoms with E-state index in [2.05, 4.69) is 5.32 Å². The third-order valence-electron chi connectivity index (χ3n) is 3.01. The Bertz CT molecular complexity index is 407. The number of ether oxygens (including phenoxy) is 1. The Kier molecular flexibility index (Phi) is 4.44. The van der Waals surface area contributed by atoms with Crippen molar-refractivity contribution in [1.82, 2.24) is 5.32 Å². The fourth-order valence-corrected chi connectivity index (χ4v) is 2.16. The molecular weight excluding hydrogens is 254 g/mol. The average Bonchev–Trinajstić information content (AvgIpc) is 2.74. The Morgan fingerprint density at radius 2 is 2.11 bits per heavy atom. The molecule has 0 saturated heterocycles. The molecule has 0 radical (unpaired) electrons. The molecule has 0 bridgehead atoms. The third kappa shape index (κ3) is 3.62. The van der Waals surface area contributed by atoms with Crippen molar-refractivity contribution in [2.24, 2.45) is 0 Å². The molecule has 0 heterocycles. The van der Waals surface area contributed by atoms with Crippen LogP contribution in [-0.4, -0.2) is 29.8 Å². The summed E-state index contributed by atoms with van der Waals surface area (Å²) in [5, 5.41) is 13.0. The molecule has 1 aliphatic carbocycles. The van der Waals surface area contributed by atoms with Crippen LogP contribution in [0.5, 0.6) is 5.75 Å². The van der Waals surface area contributed by atoms with Gasteiger partial charge in [-0.25, -0.2) is 0 Å². The van der Waals surface area contributed by atoms with Crippen molar-refractivity contribution in [3.05, 3.63) is 29.3 Å². The predicted octanol–water partition coefficient (Wildman–Crippen LogP) is 1.75. The molecule has 2 unspecified atom stereocenters. The summed E-state index contributed by atoms with van der Waals surface area (Å²) >= 11 is 5.74. The minimum atomic E-state index is -0.426. The van der Waals surface area contributed by atoms with Crippen LogP contribution >= 0.6 is 11.6 Å². The van der Waals surface area contributed by atoms with Crippen molar-refractivity contribution >= 4 is 17.5 Å². The Morgan fingerprint density at radius 1 is 1.39 bits per heavy atom. The van der Waals surface area contributed by atoms with E-state index in [0.717, 1.165) is 19.3 Å². The maximum absolute atomic E-state index is 11.6. The third-order valence-corrected chi connectivity index (χ3v) is 3.26. The zero-order valence-electron chi connectivity index (χ0n) is 9.93. The summed E-state index contributed by atoms with van der Waals surface area (Å²) in [5.74, 6) is 0.387. The van der Waals surface area contributed by atoms with E-state index in [1.165, 1.54) is 0 Å². The first-order valence-electron chi connectivity index (χ1n) is 6.01. The lowest BCUT2D eigenvalue weighted by Crippen LogP contribution is -2.42. The topological polar surface area (TPSA) is 58.6 Å². The molecular formula is C13H16ClNO3. The molecule has 1 amide bonds. The van der Waals surface area contributed by atoms with Crippen LogP contribution in [0.2, 0.25) is 5.02 Å². The van der Waals surface area contributed by atoms with Crippen LogP contribution in [0, 0.1) is 0 Å². The number of hydrogen-bond acceptors (Lipinski definition) is 3. The zero-order valence-corrected chi connectivity index (χ0v) is 10.7. The van der Waals surface area contributed by atoms with Gasteiger partial charge in [0, 0.05) is 5.02 Å². The molecule has 5 heteroatoms. The number of amides is 1. The number of aliphatic hydroxyl groups excluding tert-OH is 1. The van der Waals surface area contributed by atoms with Crippen molar-refractivity contribution in [2.75, 3.05) is 6.61 Å². The van der Waals surface area contributed by atoms with Crippen LogP contribution in [0.15, 0.2) is 24.3 Å². The second-order valence-corrected chi connectivity index (χ2v) is 4.85. The summed E-state index contributed by atoms with van der Waals surface area (Å²) < 4.78 is 5.32. The lowest BCUT2D eigenvalue weighted by molar-refractivity contribution is -0.124. The molecule has 1 aromatic rings. The number of rotatable bonds is 4. The van der Waals surface area contributed by atoms with Crippen LogP contribution in [0.3, 0.4) is 0 Å². The van der Waals surface area contributed by atoms with Crippen LogP contribution in [0.25, 0.3) is 0 Å². The standard InChI is InChI=1S/C13H16ClNO3/c14-9-4-6-10(7-5-9)18-8-13(17)15-11-2-1-3-12(11)16/h4-7,11-12,16H,1-3,8H2,(H,15,17). The molecule has 18 heavy (non-hydrogen) atoms. The zero-order chi connectivity index (χ0) is 13.0. The molecule has 2 N–H and O–H groups in total. The summed E-state index contributed by atoms with van der Waals surface area (Å²) in [6, 6.07) is 6.69. The number of carbonyl (C=O) groups is 1. The van der Waals surface area contributed by atoms with E-state index in [9.17, 15) is 9.90 Å². The van der Waals surface area contributed by atoms with E-state index < -0.39 is 6.10 Å². The van der Waals surface area contributed by atoms with E-state index in [0.29, 0.717) is 10.8 Å². The average molecular weight is 270 g/mol. The van der Waals surface area contributed by atoms with Gasteiger partial charge in [0.05, 0.1) is 12.1 Å². The highest BCUT2D eigenvalue weighted by Crippen LogP contribution is 2.19. The summed E-state index contributed by atoms with van der Waals surface area (Å²) in [5.41, 5.74) is 0. The summed E-state index contributed by atoms with van der Waals surface area (Å²) in [4.78, 5) is 11.6. The van der Waals surface area contributed by atoms with Crippen molar-refractivity contribution < 1.29 is 14.6 Å². The lowest BCUT2D eigenvalue weighted by atomic mass is 10.2. The first-order valence-corrected chi connectivity index (χ1v) is 6.39. The fourth-order valence-electron chi connectivity index (χ4n) is 2.04. The van der Waals surface area contributed by atoms with Gasteiger partial charge in [0.1, 0.15) is 5.75 Å². The Balaban J connectivity index is 1.76. The second-order valence-electron chi connectivity index (χ2n) is 4.41. The predicted molar refractivity (Wildman–Crippen MR) is 68.7 cm³/mol. The van der Waals surface area contributed by atoms with Crippen molar-refractivity contribution in [3.8, 4) is 5.75 Å². The van der Waals surface area contributed by atoms with E-state index in [1.807, 2.05) is 0 Å². The quantitative estimate of drug-likeness (QED) is 0.876. The molecule has 0 aliphatic heterocycles. The maximum Gasteiger partial charge on any atom is 0.258 e. The first kappa shape index (κ1) is 13.2. The Hall–Kier alpha value is -1.26. The molecule has 1 aromatic carbocycles. The summed E-state index contributed by atoms with van der Waals surface area (Å²) in [7, 11) is 0. The minimum absolute atomic E-state index is 0.0507. The Morgan fingerprint density at radius 3 is 2.72 bits per heavy atom. The molecule has 1 saturated carbocycles. The van der Waals surface area contributed by atoms with Crippen LogP contribution in [0.4, 0.5) is 0 Å².